The molecule has 0 aliphatic rings. The minimum Gasteiger partial charge on any atom is -0.465 e. The number of benzene rings is 2. The van der Waals surface area contributed by atoms with Gasteiger partial charge in [-0.1, -0.05) is 18.2 Å². The number of hydrogen-bond donors (Lipinski definition) is 0. The molecule has 2 aromatic carbocycles. The van der Waals surface area contributed by atoms with Gasteiger partial charge in [-0.25, -0.2) is 9.59 Å². The van der Waals surface area contributed by atoms with Crippen molar-refractivity contribution >= 4 is 11.9 Å². The monoisotopic (exact) mass is 323 g/mol. The van der Waals surface area contributed by atoms with Crippen LogP contribution in [0.1, 0.15) is 20.8 Å². The molecule has 0 fully saturated rings. The van der Waals surface area contributed by atoms with Crippen LogP contribution < -0.4 is 4.74 Å². The molecule has 0 radical (unpaired) electrons. The number of hydrogen-bond acceptors (Lipinski definition) is 6. The predicted octanol–water partition coefficient (Wildman–Crippen LogP) is 2.27. The number of esters is 2. The van der Waals surface area contributed by atoms with Crippen molar-refractivity contribution in [2.45, 2.75) is 0 Å². The molecule has 120 valence electrons. The van der Waals surface area contributed by atoms with E-state index in [4.69, 9.17) is 4.74 Å². The molecule has 0 saturated carbocycles. The fraction of sp³-hybridized carbons (Fsp3) is 0.0588. The molecule has 0 aliphatic heterocycles. The maximum Gasteiger partial charge on any atom is 0.365 e. The largest absolute Gasteiger partial charge is 0.465 e. The summed E-state index contributed by atoms with van der Waals surface area (Å²) in [5.41, 5.74) is 1.18. The molecule has 3 aromatic rings. The van der Waals surface area contributed by atoms with Gasteiger partial charge in [0.1, 0.15) is 5.75 Å². The van der Waals surface area contributed by atoms with Gasteiger partial charge in [0, 0.05) is 0 Å². The Balaban J connectivity index is 1.71. The minimum atomic E-state index is -0.636. The van der Waals surface area contributed by atoms with Crippen molar-refractivity contribution in [2.24, 2.45) is 0 Å². The lowest BCUT2D eigenvalue weighted by molar-refractivity contribution is 0.0600. The highest BCUT2D eigenvalue weighted by atomic mass is 16.5. The standard InChI is InChI=1S/C17H13N3O4/c1-23-16(21)12-7-9-14(10-8-12)24-17(22)15-11-18-20(19-15)13-5-3-2-4-6-13/h2-11H,1H3. The first-order valence-electron chi connectivity index (χ1n) is 7.06. The first-order valence-corrected chi connectivity index (χ1v) is 7.06. The van der Waals surface area contributed by atoms with Crippen LogP contribution in [-0.2, 0) is 4.74 Å². The van der Waals surface area contributed by atoms with Gasteiger partial charge in [-0.2, -0.15) is 9.90 Å². The Bertz CT molecular complexity index is 857. The Kier molecular flexibility index (Phi) is 4.33. The minimum absolute atomic E-state index is 0.0795. The molecule has 7 heteroatoms. The van der Waals surface area contributed by atoms with E-state index in [2.05, 4.69) is 14.9 Å². The second-order valence-corrected chi connectivity index (χ2v) is 4.76. The van der Waals surface area contributed by atoms with Crippen LogP contribution in [0.5, 0.6) is 5.75 Å². The van der Waals surface area contributed by atoms with Crippen LogP contribution in [-0.4, -0.2) is 34.0 Å². The zero-order valence-corrected chi connectivity index (χ0v) is 12.7. The number of para-hydroxylation sites is 1. The van der Waals surface area contributed by atoms with Crippen LogP contribution in [0.15, 0.2) is 60.8 Å². The zero-order chi connectivity index (χ0) is 16.9. The van der Waals surface area contributed by atoms with Crippen LogP contribution in [0.3, 0.4) is 0 Å². The molecule has 1 aromatic heterocycles. The summed E-state index contributed by atoms with van der Waals surface area (Å²) < 4.78 is 9.81. The highest BCUT2D eigenvalue weighted by Crippen LogP contribution is 2.14. The lowest BCUT2D eigenvalue weighted by Gasteiger charge is -2.03. The summed E-state index contributed by atoms with van der Waals surface area (Å²) in [6.45, 7) is 0. The second-order valence-electron chi connectivity index (χ2n) is 4.76. The highest BCUT2D eigenvalue weighted by Gasteiger charge is 2.14. The van der Waals surface area contributed by atoms with E-state index < -0.39 is 11.9 Å². The fourth-order valence-electron chi connectivity index (χ4n) is 1.98. The zero-order valence-electron chi connectivity index (χ0n) is 12.7. The molecule has 0 atom stereocenters. The molecule has 1 heterocycles. The molecule has 0 aliphatic carbocycles. The summed E-state index contributed by atoms with van der Waals surface area (Å²) in [5, 5.41) is 8.13. The molecule has 0 spiro atoms. The number of ether oxygens (including phenoxy) is 2. The summed E-state index contributed by atoms with van der Waals surface area (Å²) in [6.07, 6.45) is 1.33. The Morgan fingerprint density at radius 1 is 0.958 bits per heavy atom. The van der Waals surface area contributed by atoms with Gasteiger partial charge in [0.05, 0.1) is 24.6 Å². The van der Waals surface area contributed by atoms with Crippen molar-refractivity contribution in [3.63, 3.8) is 0 Å². The van der Waals surface area contributed by atoms with E-state index in [1.54, 1.807) is 0 Å². The summed E-state index contributed by atoms with van der Waals surface area (Å²) in [4.78, 5) is 24.8. The van der Waals surface area contributed by atoms with Gasteiger partial charge in [-0.05, 0) is 36.4 Å². The van der Waals surface area contributed by atoms with Gasteiger partial charge in [-0.3, -0.25) is 0 Å². The SMILES string of the molecule is COC(=O)c1ccc(OC(=O)c2cnn(-c3ccccc3)n2)cc1. The Morgan fingerprint density at radius 2 is 1.67 bits per heavy atom. The maximum absolute atomic E-state index is 12.1. The van der Waals surface area contributed by atoms with E-state index in [1.807, 2.05) is 30.3 Å². The van der Waals surface area contributed by atoms with Gasteiger partial charge >= 0.3 is 11.9 Å². The topological polar surface area (TPSA) is 83.3 Å². The van der Waals surface area contributed by atoms with Crippen LogP contribution in [0, 0.1) is 0 Å². The van der Waals surface area contributed by atoms with Crippen molar-refractivity contribution < 1.29 is 19.1 Å². The third-order valence-electron chi connectivity index (χ3n) is 3.17. The fourth-order valence-corrected chi connectivity index (χ4v) is 1.98. The average Bonchev–Trinajstić information content (AvgIpc) is 3.13. The molecule has 0 N–H and O–H groups in total. The Labute approximate surface area is 137 Å². The summed E-state index contributed by atoms with van der Waals surface area (Å²) in [5.74, 6) is -0.802. The first-order chi connectivity index (χ1) is 11.7. The van der Waals surface area contributed by atoms with Crippen molar-refractivity contribution in [3.05, 3.63) is 72.1 Å². The molecule has 7 nitrogen and oxygen atoms in total. The summed E-state index contributed by atoms with van der Waals surface area (Å²) in [6, 6.07) is 15.2. The molecule has 0 unspecified atom stereocenters. The predicted molar refractivity (Wildman–Crippen MR) is 84.1 cm³/mol. The number of carbonyl (C=O) groups is 2. The number of nitrogens with zero attached hydrogens (tertiary/aromatic N) is 3. The number of carbonyl (C=O) groups excluding carboxylic acids is 2. The van der Waals surface area contributed by atoms with Gasteiger partial charge in [0.25, 0.3) is 0 Å². The van der Waals surface area contributed by atoms with E-state index in [-0.39, 0.29) is 5.69 Å². The van der Waals surface area contributed by atoms with Crippen LogP contribution in [0.2, 0.25) is 0 Å². The highest BCUT2D eigenvalue weighted by molar-refractivity contribution is 5.90. The maximum atomic E-state index is 12.1. The van der Waals surface area contributed by atoms with E-state index in [0.717, 1.165) is 5.69 Å². The molecule has 24 heavy (non-hydrogen) atoms. The Hall–Kier alpha value is -3.48. The van der Waals surface area contributed by atoms with Gasteiger partial charge in [0.15, 0.2) is 5.69 Å². The van der Waals surface area contributed by atoms with E-state index in [9.17, 15) is 9.59 Å². The molecular weight excluding hydrogens is 310 g/mol. The molecule has 0 bridgehead atoms. The smallest absolute Gasteiger partial charge is 0.365 e. The van der Waals surface area contributed by atoms with Gasteiger partial charge in [0.2, 0.25) is 0 Å². The average molecular weight is 323 g/mol. The molecule has 3 rings (SSSR count). The lowest BCUT2D eigenvalue weighted by atomic mass is 10.2. The quantitative estimate of drug-likeness (QED) is 0.541. The van der Waals surface area contributed by atoms with E-state index in [1.165, 1.54) is 42.4 Å². The first kappa shape index (κ1) is 15.4. The van der Waals surface area contributed by atoms with E-state index >= 15 is 0 Å². The van der Waals surface area contributed by atoms with Crippen molar-refractivity contribution in [3.8, 4) is 11.4 Å². The molecule has 0 saturated heterocycles. The van der Waals surface area contributed by atoms with Crippen molar-refractivity contribution in [1.82, 2.24) is 15.0 Å². The lowest BCUT2D eigenvalue weighted by Crippen LogP contribution is -2.10. The number of rotatable bonds is 4. The van der Waals surface area contributed by atoms with Crippen molar-refractivity contribution in [1.29, 1.82) is 0 Å². The third-order valence-corrected chi connectivity index (χ3v) is 3.17. The molecule has 0 amide bonds. The van der Waals surface area contributed by atoms with Gasteiger partial charge in [-0.15, -0.1) is 5.10 Å². The van der Waals surface area contributed by atoms with Gasteiger partial charge < -0.3 is 9.47 Å². The van der Waals surface area contributed by atoms with Crippen molar-refractivity contribution in [2.75, 3.05) is 7.11 Å². The molecular formula is C17H13N3O4. The van der Waals surface area contributed by atoms with Crippen LogP contribution in [0.4, 0.5) is 0 Å². The van der Waals surface area contributed by atoms with Crippen LogP contribution in [0.25, 0.3) is 5.69 Å². The number of methoxy groups -OCH3 is 1. The third kappa shape index (κ3) is 3.30. The number of aromatic nitrogens is 3. The Morgan fingerprint density at radius 3 is 2.33 bits per heavy atom. The van der Waals surface area contributed by atoms with Crippen LogP contribution >= 0.6 is 0 Å². The summed E-state index contributed by atoms with van der Waals surface area (Å²) >= 11 is 0. The second kappa shape index (κ2) is 6.74. The summed E-state index contributed by atoms with van der Waals surface area (Å²) in [7, 11) is 1.30. The normalized spacial score (nSPS) is 10.2. The van der Waals surface area contributed by atoms with E-state index in [0.29, 0.717) is 11.3 Å².